The minimum atomic E-state index is -0.981. The zero-order valence-corrected chi connectivity index (χ0v) is 16.6. The first kappa shape index (κ1) is 25.7. The first-order valence-corrected chi connectivity index (χ1v) is 7.99. The van der Waals surface area contributed by atoms with Gasteiger partial charge in [0.05, 0.1) is 0 Å². The standard InChI is InChI=1S/C13H17.2C3H4O2.CH3.Ti/c1-3-7-12-10(5-1)9-11-6-2-4-8-13(11)12;2*1-2-3(4)5;;/h9H,1-8H2;2*2H,1H2,(H,4,5);1H3;/q-1;;;-1;+2. The predicted molar refractivity (Wildman–Crippen MR) is 97.4 cm³/mol. The van der Waals surface area contributed by atoms with E-state index in [1.165, 1.54) is 51.4 Å². The monoisotopic (exact) mass is 380 g/mol. The van der Waals surface area contributed by atoms with Crippen LogP contribution in [0.1, 0.15) is 47.9 Å². The molecule has 4 nitrogen and oxygen atoms in total. The molecule has 0 fully saturated rings. The summed E-state index contributed by atoms with van der Waals surface area (Å²) < 4.78 is 0. The Bertz CT molecular complexity index is 524. The fourth-order valence-electron chi connectivity index (χ4n) is 3.08. The molecule has 0 amide bonds. The SMILES string of the molecule is C=CC(=O)O.C=CC(=O)O.[CH3-].[Ti+2].[cH-]1c2c(c3c1CCCC3)CCCC2. The molecule has 0 unspecified atom stereocenters. The van der Waals surface area contributed by atoms with Crippen LogP contribution < -0.4 is 0 Å². The Balaban J connectivity index is 0. The van der Waals surface area contributed by atoms with Crippen LogP contribution in [-0.4, -0.2) is 22.2 Å². The number of fused-ring (bicyclic) bond motifs is 3. The summed E-state index contributed by atoms with van der Waals surface area (Å²) in [5, 5.41) is 15.2. The summed E-state index contributed by atoms with van der Waals surface area (Å²) in [6.45, 7) is 5.92. The van der Waals surface area contributed by atoms with Crippen LogP contribution in [0.15, 0.2) is 31.4 Å². The van der Waals surface area contributed by atoms with Crippen molar-refractivity contribution in [3.05, 3.63) is 61.1 Å². The summed E-state index contributed by atoms with van der Waals surface area (Å²) in [5.74, 6) is -1.96. The second kappa shape index (κ2) is 13.7. The van der Waals surface area contributed by atoms with Crippen molar-refractivity contribution in [2.45, 2.75) is 51.4 Å². The van der Waals surface area contributed by atoms with E-state index in [0.29, 0.717) is 0 Å². The molecule has 136 valence electrons. The summed E-state index contributed by atoms with van der Waals surface area (Å²) in [6.07, 6.45) is 12.9. The quantitative estimate of drug-likeness (QED) is 0.460. The summed E-state index contributed by atoms with van der Waals surface area (Å²) >= 11 is 0. The maximum Gasteiger partial charge on any atom is 2.00 e. The third-order valence-corrected chi connectivity index (χ3v) is 4.08. The normalized spacial score (nSPS) is 13.4. The number of carboxylic acid groups (broad SMARTS) is 2. The van der Waals surface area contributed by atoms with E-state index in [9.17, 15) is 9.59 Å². The van der Waals surface area contributed by atoms with Gasteiger partial charge >= 0.3 is 33.7 Å². The number of carbonyl (C=O) groups is 2. The Morgan fingerprint density at radius 3 is 1.36 bits per heavy atom. The Hall–Kier alpha value is -1.52. The largest absolute Gasteiger partial charge is 2.00 e. The molecule has 2 aliphatic carbocycles. The van der Waals surface area contributed by atoms with Crippen molar-refractivity contribution >= 4 is 11.9 Å². The Kier molecular flexibility index (Phi) is 14.1. The van der Waals surface area contributed by atoms with Gasteiger partial charge in [0.25, 0.3) is 0 Å². The Labute approximate surface area is 165 Å². The van der Waals surface area contributed by atoms with Gasteiger partial charge in [0.15, 0.2) is 0 Å². The van der Waals surface area contributed by atoms with E-state index in [1.54, 1.807) is 22.3 Å². The number of hydrogen-bond acceptors (Lipinski definition) is 2. The van der Waals surface area contributed by atoms with Crippen LogP contribution in [0, 0.1) is 7.43 Å². The molecule has 0 atom stereocenters. The van der Waals surface area contributed by atoms with Gasteiger partial charge in [-0.2, -0.15) is 28.3 Å². The van der Waals surface area contributed by atoms with Crippen molar-refractivity contribution in [1.29, 1.82) is 0 Å². The molecule has 0 saturated carbocycles. The van der Waals surface area contributed by atoms with Crippen LogP contribution >= 0.6 is 0 Å². The smallest absolute Gasteiger partial charge is 0.478 e. The average molecular weight is 380 g/mol. The van der Waals surface area contributed by atoms with Gasteiger partial charge in [0.1, 0.15) is 0 Å². The minimum absolute atomic E-state index is 0. The minimum Gasteiger partial charge on any atom is -0.478 e. The van der Waals surface area contributed by atoms with Gasteiger partial charge in [-0.1, -0.05) is 64.5 Å². The zero-order chi connectivity index (χ0) is 17.2. The van der Waals surface area contributed by atoms with Crippen molar-refractivity contribution in [2.75, 3.05) is 0 Å². The number of aryl methyl sites for hydroxylation is 2. The number of rotatable bonds is 2. The maximum absolute atomic E-state index is 9.25. The van der Waals surface area contributed by atoms with Gasteiger partial charge in [-0.3, -0.25) is 0 Å². The van der Waals surface area contributed by atoms with E-state index in [4.69, 9.17) is 10.2 Å². The molecule has 5 heteroatoms. The van der Waals surface area contributed by atoms with E-state index < -0.39 is 11.9 Å². The average Bonchev–Trinajstić information content (AvgIpc) is 2.94. The molecule has 3 rings (SSSR count). The molecular formula is C20H28O4Ti. The summed E-state index contributed by atoms with van der Waals surface area (Å²) in [6, 6.07) is 2.52. The Morgan fingerprint density at radius 2 is 1.08 bits per heavy atom. The van der Waals surface area contributed by atoms with Crippen molar-refractivity contribution in [2.24, 2.45) is 0 Å². The van der Waals surface area contributed by atoms with Crippen molar-refractivity contribution in [1.82, 2.24) is 0 Å². The molecule has 0 radical (unpaired) electrons. The number of hydrogen-bond donors (Lipinski definition) is 2. The molecule has 0 aliphatic heterocycles. The van der Waals surface area contributed by atoms with Crippen LogP contribution in [0.5, 0.6) is 0 Å². The summed E-state index contributed by atoms with van der Waals surface area (Å²) in [7, 11) is 0. The molecule has 25 heavy (non-hydrogen) atoms. The van der Waals surface area contributed by atoms with Gasteiger partial charge in [0.2, 0.25) is 0 Å². The van der Waals surface area contributed by atoms with Crippen molar-refractivity contribution in [3.63, 3.8) is 0 Å². The second-order valence-electron chi connectivity index (χ2n) is 5.65. The molecule has 0 aromatic heterocycles. The second-order valence-corrected chi connectivity index (χ2v) is 5.65. The fourth-order valence-corrected chi connectivity index (χ4v) is 3.08. The molecule has 0 bridgehead atoms. The molecule has 2 N–H and O–H groups in total. The molecule has 0 spiro atoms. The number of aliphatic carboxylic acids is 2. The molecule has 0 heterocycles. The van der Waals surface area contributed by atoms with Crippen LogP contribution in [0.25, 0.3) is 0 Å². The van der Waals surface area contributed by atoms with Crippen LogP contribution in [0.3, 0.4) is 0 Å². The molecule has 0 saturated heterocycles. The van der Waals surface area contributed by atoms with Crippen LogP contribution in [0.4, 0.5) is 0 Å². The number of carboxylic acids is 2. The van der Waals surface area contributed by atoms with E-state index in [2.05, 4.69) is 19.2 Å². The van der Waals surface area contributed by atoms with Crippen LogP contribution in [-0.2, 0) is 57.0 Å². The van der Waals surface area contributed by atoms with Gasteiger partial charge < -0.3 is 17.6 Å². The molecule has 2 aliphatic rings. The topological polar surface area (TPSA) is 74.6 Å². The van der Waals surface area contributed by atoms with E-state index in [-0.39, 0.29) is 29.1 Å². The predicted octanol–water partition coefficient (Wildman–Crippen LogP) is 4.12. The molecular weight excluding hydrogens is 352 g/mol. The Morgan fingerprint density at radius 1 is 0.800 bits per heavy atom. The summed E-state index contributed by atoms with van der Waals surface area (Å²) in [5.41, 5.74) is 6.94. The van der Waals surface area contributed by atoms with Crippen molar-refractivity contribution < 1.29 is 41.5 Å². The van der Waals surface area contributed by atoms with E-state index in [1.807, 2.05) is 0 Å². The third-order valence-electron chi connectivity index (χ3n) is 4.08. The summed E-state index contributed by atoms with van der Waals surface area (Å²) in [4.78, 5) is 18.5. The van der Waals surface area contributed by atoms with Gasteiger partial charge in [-0.05, 0) is 0 Å². The molecule has 1 aromatic rings. The van der Waals surface area contributed by atoms with Gasteiger partial charge in [-0.15, -0.1) is 0 Å². The maximum atomic E-state index is 9.25. The van der Waals surface area contributed by atoms with Crippen LogP contribution in [0.2, 0.25) is 0 Å². The van der Waals surface area contributed by atoms with Gasteiger partial charge in [-0.25, -0.2) is 9.59 Å². The zero-order valence-electron chi connectivity index (χ0n) is 15.0. The first-order chi connectivity index (χ1) is 11.0. The van der Waals surface area contributed by atoms with E-state index >= 15 is 0 Å². The first-order valence-electron chi connectivity index (χ1n) is 7.99. The fraction of sp³-hybridized carbons (Fsp3) is 0.400. The van der Waals surface area contributed by atoms with Gasteiger partial charge in [0, 0.05) is 12.2 Å². The third kappa shape index (κ3) is 8.94. The van der Waals surface area contributed by atoms with E-state index in [0.717, 1.165) is 12.2 Å². The van der Waals surface area contributed by atoms with Crippen molar-refractivity contribution in [3.8, 4) is 0 Å². The molecule has 1 aromatic carbocycles.